The summed E-state index contributed by atoms with van der Waals surface area (Å²) in [6, 6.07) is 0. The highest BCUT2D eigenvalue weighted by molar-refractivity contribution is 5.78. The van der Waals surface area contributed by atoms with Gasteiger partial charge in [-0.3, -0.25) is 5.41 Å². The first-order valence-electron chi connectivity index (χ1n) is 2.39. The molecule has 0 fully saturated rings. The summed E-state index contributed by atoms with van der Waals surface area (Å²) in [5.74, 6) is -0.413. The van der Waals surface area contributed by atoms with Crippen LogP contribution in [0.1, 0.15) is 0 Å². The lowest BCUT2D eigenvalue weighted by Crippen LogP contribution is -2.23. The summed E-state index contributed by atoms with van der Waals surface area (Å²) >= 11 is 0. The smallest absolute Gasteiger partial charge is 0.386 e. The second-order valence-electron chi connectivity index (χ2n) is 1.63. The molecule has 10 heavy (non-hydrogen) atoms. The average molecular weight is 156 g/mol. The van der Waals surface area contributed by atoms with Crippen LogP contribution in [-0.2, 0) is 4.74 Å². The molecule has 0 aliphatic rings. The van der Waals surface area contributed by atoms with Crippen molar-refractivity contribution >= 4 is 5.84 Å². The topological polar surface area (TPSA) is 59.1 Å². The molecule has 0 aromatic rings. The van der Waals surface area contributed by atoms with Crippen molar-refractivity contribution in [2.75, 3.05) is 13.2 Å². The van der Waals surface area contributed by atoms with Crippen molar-refractivity contribution in [2.45, 2.75) is 6.18 Å². The summed E-state index contributed by atoms with van der Waals surface area (Å²) in [4.78, 5) is 0. The summed E-state index contributed by atoms with van der Waals surface area (Å²) < 4.78 is 37.8. The number of rotatable bonds is 3. The highest BCUT2D eigenvalue weighted by Gasteiger charge is 2.27. The van der Waals surface area contributed by atoms with Crippen LogP contribution in [0.4, 0.5) is 13.2 Å². The zero-order valence-corrected chi connectivity index (χ0v) is 5.03. The van der Waals surface area contributed by atoms with Crippen molar-refractivity contribution in [3.8, 4) is 0 Å². The highest BCUT2D eigenvalue weighted by Crippen LogP contribution is 2.13. The average Bonchev–Trinajstić information content (AvgIpc) is 1.59. The van der Waals surface area contributed by atoms with Gasteiger partial charge in [0, 0.05) is 0 Å². The Bertz CT molecular complexity index is 122. The van der Waals surface area contributed by atoms with Crippen molar-refractivity contribution in [3.63, 3.8) is 0 Å². The van der Waals surface area contributed by atoms with Gasteiger partial charge in [-0.15, -0.1) is 0 Å². The van der Waals surface area contributed by atoms with Crippen molar-refractivity contribution in [2.24, 2.45) is 5.73 Å². The third-order valence-corrected chi connectivity index (χ3v) is 0.523. The zero-order valence-electron chi connectivity index (χ0n) is 5.03. The number of halogens is 3. The van der Waals surface area contributed by atoms with Crippen LogP contribution in [0, 0.1) is 5.41 Å². The van der Waals surface area contributed by atoms with Crippen molar-refractivity contribution in [3.05, 3.63) is 0 Å². The van der Waals surface area contributed by atoms with Crippen LogP contribution >= 0.6 is 0 Å². The Labute approximate surface area is 55.5 Å². The molecule has 0 spiro atoms. The number of amidine groups is 1. The van der Waals surface area contributed by atoms with Gasteiger partial charge in [-0.05, 0) is 0 Å². The molecule has 3 N–H and O–H groups in total. The van der Waals surface area contributed by atoms with Gasteiger partial charge in [0.1, 0.15) is 19.0 Å². The van der Waals surface area contributed by atoms with Gasteiger partial charge in [0.2, 0.25) is 0 Å². The van der Waals surface area contributed by atoms with E-state index in [4.69, 9.17) is 11.1 Å². The van der Waals surface area contributed by atoms with E-state index in [1.165, 1.54) is 0 Å². The molecule has 0 aliphatic heterocycles. The molecular weight excluding hydrogens is 149 g/mol. The fraction of sp³-hybridized carbons (Fsp3) is 0.750. The number of ether oxygens (including phenoxy) is 1. The zero-order chi connectivity index (χ0) is 8.20. The van der Waals surface area contributed by atoms with E-state index in [9.17, 15) is 13.2 Å². The molecule has 3 nitrogen and oxygen atoms in total. The number of hydrogen-bond acceptors (Lipinski definition) is 2. The molecular formula is C4H7F3N2O. The summed E-state index contributed by atoms with van der Waals surface area (Å²) in [6.07, 6.45) is -4.34. The van der Waals surface area contributed by atoms with Gasteiger partial charge in [-0.2, -0.15) is 13.2 Å². The minimum absolute atomic E-state index is 0.413. The summed E-state index contributed by atoms with van der Waals surface area (Å²) in [5, 5.41) is 6.49. The van der Waals surface area contributed by atoms with Crippen LogP contribution in [0.2, 0.25) is 0 Å². The van der Waals surface area contributed by atoms with Crippen LogP contribution < -0.4 is 5.73 Å². The molecule has 0 amide bonds. The number of hydrogen-bond donors (Lipinski definition) is 2. The lowest BCUT2D eigenvalue weighted by atomic mass is 10.6. The van der Waals surface area contributed by atoms with Gasteiger partial charge in [0.05, 0.1) is 0 Å². The fourth-order valence-electron chi connectivity index (χ4n) is 0.277. The molecule has 0 radical (unpaired) electrons. The van der Waals surface area contributed by atoms with Crippen LogP contribution in [0.25, 0.3) is 0 Å². The lowest BCUT2D eigenvalue weighted by Gasteiger charge is -2.05. The van der Waals surface area contributed by atoms with E-state index in [0.717, 1.165) is 0 Å². The Kier molecular flexibility index (Phi) is 3.14. The Morgan fingerprint density at radius 2 is 2.00 bits per heavy atom. The van der Waals surface area contributed by atoms with Gasteiger partial charge in [0.15, 0.2) is 0 Å². The number of nitrogens with two attached hydrogens (primary N) is 1. The monoisotopic (exact) mass is 156 g/mol. The number of alkyl halides is 3. The van der Waals surface area contributed by atoms with Gasteiger partial charge >= 0.3 is 6.18 Å². The van der Waals surface area contributed by atoms with E-state index in [2.05, 4.69) is 4.74 Å². The summed E-state index contributed by atoms with van der Waals surface area (Å²) in [5.41, 5.74) is 4.71. The second kappa shape index (κ2) is 3.40. The van der Waals surface area contributed by atoms with E-state index < -0.39 is 25.2 Å². The molecule has 60 valence electrons. The first-order valence-corrected chi connectivity index (χ1v) is 2.39. The molecule has 0 bridgehead atoms. The van der Waals surface area contributed by atoms with E-state index in [0.29, 0.717) is 0 Å². The third-order valence-electron chi connectivity index (χ3n) is 0.523. The molecule has 0 unspecified atom stereocenters. The predicted octanol–water partition coefficient (Wildman–Crippen LogP) is 0.501. The third kappa shape index (κ3) is 7.22. The quantitative estimate of drug-likeness (QED) is 0.461. The lowest BCUT2D eigenvalue weighted by molar-refractivity contribution is -0.170. The maximum atomic E-state index is 11.3. The van der Waals surface area contributed by atoms with Crippen molar-refractivity contribution in [1.29, 1.82) is 5.41 Å². The van der Waals surface area contributed by atoms with Crippen molar-refractivity contribution < 1.29 is 17.9 Å². The maximum Gasteiger partial charge on any atom is 0.411 e. The molecule has 0 saturated heterocycles. The molecule has 0 aromatic heterocycles. The fourth-order valence-corrected chi connectivity index (χ4v) is 0.277. The molecule has 0 aromatic carbocycles. The second-order valence-corrected chi connectivity index (χ2v) is 1.63. The van der Waals surface area contributed by atoms with E-state index in [-0.39, 0.29) is 0 Å². The van der Waals surface area contributed by atoms with Gasteiger partial charge in [-0.1, -0.05) is 0 Å². The summed E-state index contributed by atoms with van der Waals surface area (Å²) in [6.45, 7) is -1.83. The Hall–Kier alpha value is -0.780. The van der Waals surface area contributed by atoms with Gasteiger partial charge in [0.25, 0.3) is 0 Å². The number of nitrogens with one attached hydrogen (secondary N) is 1. The van der Waals surface area contributed by atoms with Gasteiger partial charge < -0.3 is 10.5 Å². The Balaban J connectivity index is 3.29. The highest BCUT2D eigenvalue weighted by atomic mass is 19.4. The standard InChI is InChI=1S/C4H7F3N2O/c5-4(6,7)2-10-1-3(8)9/h1-2H2,(H3,8,9). The molecule has 6 heteroatoms. The minimum Gasteiger partial charge on any atom is -0.386 e. The predicted molar refractivity (Wildman–Crippen MR) is 28.8 cm³/mol. The normalized spacial score (nSPS) is 11.5. The SMILES string of the molecule is N=C(N)COCC(F)(F)F. The van der Waals surface area contributed by atoms with Crippen LogP contribution in [0.15, 0.2) is 0 Å². The van der Waals surface area contributed by atoms with Crippen LogP contribution in [0.3, 0.4) is 0 Å². The van der Waals surface area contributed by atoms with Crippen LogP contribution in [-0.4, -0.2) is 25.2 Å². The molecule has 0 heterocycles. The molecule has 0 atom stereocenters. The van der Waals surface area contributed by atoms with Crippen LogP contribution in [0.5, 0.6) is 0 Å². The van der Waals surface area contributed by atoms with E-state index >= 15 is 0 Å². The molecule has 0 saturated carbocycles. The Morgan fingerprint density at radius 1 is 1.50 bits per heavy atom. The first kappa shape index (κ1) is 9.22. The Morgan fingerprint density at radius 3 is 2.30 bits per heavy atom. The largest absolute Gasteiger partial charge is 0.411 e. The van der Waals surface area contributed by atoms with E-state index in [1.807, 2.05) is 0 Å². The maximum absolute atomic E-state index is 11.3. The molecule has 0 aliphatic carbocycles. The van der Waals surface area contributed by atoms with E-state index in [1.54, 1.807) is 0 Å². The summed E-state index contributed by atoms with van der Waals surface area (Å²) in [7, 11) is 0. The van der Waals surface area contributed by atoms with Crippen molar-refractivity contribution in [1.82, 2.24) is 0 Å². The minimum atomic E-state index is -4.34. The first-order chi connectivity index (χ1) is 4.42. The van der Waals surface area contributed by atoms with Gasteiger partial charge in [-0.25, -0.2) is 0 Å². The molecule has 0 rings (SSSR count).